The molecule has 1 saturated heterocycles. The fourth-order valence-corrected chi connectivity index (χ4v) is 5.09. The Balaban J connectivity index is 1.13. The molecule has 2 aromatic heterocycles. The van der Waals surface area contributed by atoms with Crippen molar-refractivity contribution in [3.05, 3.63) is 94.9 Å². The van der Waals surface area contributed by atoms with E-state index in [2.05, 4.69) is 27.4 Å². The van der Waals surface area contributed by atoms with Gasteiger partial charge in [0.05, 0.1) is 23.9 Å². The fourth-order valence-electron chi connectivity index (χ4n) is 4.91. The predicted octanol–water partition coefficient (Wildman–Crippen LogP) is 5.88. The van der Waals surface area contributed by atoms with E-state index in [0.717, 1.165) is 35.1 Å². The smallest absolute Gasteiger partial charge is 0.255 e. The van der Waals surface area contributed by atoms with Gasteiger partial charge in [0.1, 0.15) is 5.75 Å². The number of hydrogen-bond donors (Lipinski definition) is 1. The van der Waals surface area contributed by atoms with Gasteiger partial charge in [0, 0.05) is 54.4 Å². The van der Waals surface area contributed by atoms with E-state index in [1.54, 1.807) is 25.6 Å². The molecule has 0 atom stereocenters. The molecule has 1 fully saturated rings. The summed E-state index contributed by atoms with van der Waals surface area (Å²) in [5, 5.41) is 4.45. The number of pyridine rings is 2. The Bertz CT molecular complexity index is 1450. The molecule has 1 N–H and O–H groups in total. The zero-order valence-corrected chi connectivity index (χ0v) is 21.9. The second-order valence-electron chi connectivity index (χ2n) is 9.45. The van der Waals surface area contributed by atoms with Crippen LogP contribution in [-0.2, 0) is 11.2 Å². The normalized spacial score (nSPS) is 13.9. The number of piperidine rings is 1. The summed E-state index contributed by atoms with van der Waals surface area (Å²) in [6.45, 7) is 1.37. The van der Waals surface area contributed by atoms with Crippen LogP contribution in [0.1, 0.15) is 46.8 Å². The molecule has 0 spiro atoms. The van der Waals surface area contributed by atoms with Gasteiger partial charge in [-0.1, -0.05) is 23.7 Å². The van der Waals surface area contributed by atoms with Crippen molar-refractivity contribution in [2.45, 2.75) is 31.6 Å². The highest BCUT2D eigenvalue weighted by molar-refractivity contribution is 6.31. The minimum absolute atomic E-state index is 0.000733. The van der Waals surface area contributed by atoms with Gasteiger partial charge < -0.3 is 15.0 Å². The van der Waals surface area contributed by atoms with Crippen molar-refractivity contribution in [1.29, 1.82) is 0 Å². The van der Waals surface area contributed by atoms with Crippen LogP contribution < -0.4 is 10.1 Å². The number of amides is 2. The van der Waals surface area contributed by atoms with E-state index in [-0.39, 0.29) is 11.8 Å². The average molecular weight is 529 g/mol. The summed E-state index contributed by atoms with van der Waals surface area (Å²) in [4.78, 5) is 36.2. The van der Waals surface area contributed by atoms with Crippen LogP contribution in [0.3, 0.4) is 0 Å². The monoisotopic (exact) mass is 528 g/mol. The summed E-state index contributed by atoms with van der Waals surface area (Å²) in [7, 11) is 1.60. The van der Waals surface area contributed by atoms with Gasteiger partial charge in [-0.2, -0.15) is 0 Å². The second kappa shape index (κ2) is 11.6. The lowest BCUT2D eigenvalue weighted by Gasteiger charge is -2.32. The number of benzene rings is 2. The van der Waals surface area contributed by atoms with Crippen molar-refractivity contribution < 1.29 is 14.3 Å². The van der Waals surface area contributed by atoms with Crippen LogP contribution in [0.5, 0.6) is 5.75 Å². The maximum absolute atomic E-state index is 13.1. The molecule has 3 heterocycles. The third-order valence-corrected chi connectivity index (χ3v) is 7.23. The first-order valence-corrected chi connectivity index (χ1v) is 13.1. The number of aryl methyl sites for hydroxylation is 1. The molecule has 194 valence electrons. The average Bonchev–Trinajstić information content (AvgIpc) is 2.96. The highest BCUT2D eigenvalue weighted by Crippen LogP contribution is 2.30. The maximum Gasteiger partial charge on any atom is 0.255 e. The number of likely N-dealkylation sites (tertiary alicyclic amines) is 1. The van der Waals surface area contributed by atoms with E-state index in [0.29, 0.717) is 48.2 Å². The number of aromatic nitrogens is 2. The van der Waals surface area contributed by atoms with Gasteiger partial charge in [-0.15, -0.1) is 0 Å². The fraction of sp³-hybridized carbons (Fsp3) is 0.267. The summed E-state index contributed by atoms with van der Waals surface area (Å²) in [6, 6.07) is 19.0. The van der Waals surface area contributed by atoms with Gasteiger partial charge in [0.15, 0.2) is 0 Å². The second-order valence-corrected chi connectivity index (χ2v) is 9.89. The van der Waals surface area contributed by atoms with Crippen molar-refractivity contribution in [3.63, 3.8) is 0 Å². The molecule has 7 nitrogen and oxygen atoms in total. The number of methoxy groups -OCH3 is 1. The number of halogens is 1. The molecule has 2 aromatic carbocycles. The number of nitrogens with one attached hydrogen (secondary N) is 1. The highest BCUT2D eigenvalue weighted by Gasteiger charge is 2.25. The number of carbonyl (C=O) groups excluding carboxylic acids is 2. The molecule has 4 aromatic rings. The molecular formula is C30H29ClN4O3. The van der Waals surface area contributed by atoms with Crippen LogP contribution in [0.4, 0.5) is 5.69 Å². The van der Waals surface area contributed by atoms with Crippen LogP contribution in [0.2, 0.25) is 5.02 Å². The van der Waals surface area contributed by atoms with Crippen molar-refractivity contribution >= 4 is 40.0 Å². The molecule has 2 amide bonds. The number of fused-ring (bicyclic) bond motifs is 1. The van der Waals surface area contributed by atoms with Crippen molar-refractivity contribution in [3.8, 4) is 5.75 Å². The molecular weight excluding hydrogens is 500 g/mol. The van der Waals surface area contributed by atoms with Crippen LogP contribution in [0.25, 0.3) is 10.9 Å². The number of ether oxygens (including phenoxy) is 1. The molecule has 0 radical (unpaired) electrons. The Morgan fingerprint density at radius 1 is 1.05 bits per heavy atom. The third-order valence-electron chi connectivity index (χ3n) is 7.00. The largest absolute Gasteiger partial charge is 0.495 e. The van der Waals surface area contributed by atoms with Gasteiger partial charge in [-0.3, -0.25) is 19.6 Å². The predicted molar refractivity (Wildman–Crippen MR) is 149 cm³/mol. The summed E-state index contributed by atoms with van der Waals surface area (Å²) >= 11 is 6.11. The van der Waals surface area contributed by atoms with Crippen LogP contribution in [-0.4, -0.2) is 46.9 Å². The van der Waals surface area contributed by atoms with Crippen molar-refractivity contribution in [2.24, 2.45) is 0 Å². The first-order chi connectivity index (χ1) is 18.5. The number of nitrogens with zero attached hydrogens (tertiary/aromatic N) is 3. The Hall–Kier alpha value is -3.97. The summed E-state index contributed by atoms with van der Waals surface area (Å²) < 4.78 is 5.31. The third kappa shape index (κ3) is 5.94. The lowest BCUT2D eigenvalue weighted by Crippen LogP contribution is -2.38. The lowest BCUT2D eigenvalue weighted by molar-refractivity contribution is -0.116. The van der Waals surface area contributed by atoms with Crippen LogP contribution >= 0.6 is 11.6 Å². The van der Waals surface area contributed by atoms with Gasteiger partial charge in [0.25, 0.3) is 5.91 Å². The van der Waals surface area contributed by atoms with Crippen molar-refractivity contribution in [1.82, 2.24) is 14.9 Å². The summed E-state index contributed by atoms with van der Waals surface area (Å²) in [5.74, 6) is 0.993. The van der Waals surface area contributed by atoms with E-state index in [4.69, 9.17) is 16.3 Å². The minimum Gasteiger partial charge on any atom is -0.495 e. The minimum atomic E-state index is -0.0669. The maximum atomic E-state index is 13.1. The molecule has 38 heavy (non-hydrogen) atoms. The van der Waals surface area contributed by atoms with E-state index < -0.39 is 0 Å². The van der Waals surface area contributed by atoms with Crippen molar-refractivity contribution in [2.75, 3.05) is 25.5 Å². The molecule has 1 aliphatic rings. The van der Waals surface area contributed by atoms with Crippen LogP contribution in [0.15, 0.2) is 73.1 Å². The number of carbonyl (C=O) groups is 2. The zero-order valence-electron chi connectivity index (χ0n) is 21.2. The molecule has 0 saturated carbocycles. The molecule has 1 aliphatic heterocycles. The Morgan fingerprint density at radius 2 is 1.84 bits per heavy atom. The van der Waals surface area contributed by atoms with Gasteiger partial charge in [-0.25, -0.2) is 0 Å². The van der Waals surface area contributed by atoms with Gasteiger partial charge in [0.2, 0.25) is 5.91 Å². The van der Waals surface area contributed by atoms with E-state index >= 15 is 0 Å². The van der Waals surface area contributed by atoms with Gasteiger partial charge in [-0.05, 0) is 72.9 Å². The molecule has 0 unspecified atom stereocenters. The quantitative estimate of drug-likeness (QED) is 0.323. The number of rotatable bonds is 7. The summed E-state index contributed by atoms with van der Waals surface area (Å²) in [5.41, 5.74) is 4.16. The summed E-state index contributed by atoms with van der Waals surface area (Å²) in [6.07, 6.45) is 5.94. The van der Waals surface area contributed by atoms with E-state index in [9.17, 15) is 9.59 Å². The number of anilines is 1. The Kier molecular flexibility index (Phi) is 7.84. The molecule has 0 bridgehead atoms. The Labute approximate surface area is 226 Å². The molecule has 5 rings (SSSR count). The highest BCUT2D eigenvalue weighted by atomic mass is 35.5. The topological polar surface area (TPSA) is 84.4 Å². The standard InChI is InChI=1S/C30H29ClN4O3/c1-38-28-3-2-14-32-27(28)10-11-29(36)34-25-7-4-20(5-8-25)21-12-15-35(16-13-21)30(37)23-17-22-18-24(31)6-9-26(22)33-19-23/h2-9,14,17-19,21H,10-13,15-16H2,1H3,(H,34,36). The lowest BCUT2D eigenvalue weighted by atomic mass is 9.89. The van der Waals surface area contributed by atoms with E-state index in [1.807, 2.05) is 47.4 Å². The first kappa shape index (κ1) is 25.7. The SMILES string of the molecule is COc1cccnc1CCC(=O)Nc1ccc(C2CCN(C(=O)c3cnc4ccc(Cl)cc4c3)CC2)cc1. The zero-order chi connectivity index (χ0) is 26.5. The molecule has 8 heteroatoms. The van der Waals surface area contributed by atoms with E-state index in [1.165, 1.54) is 5.56 Å². The molecule has 0 aliphatic carbocycles. The Morgan fingerprint density at radius 3 is 2.61 bits per heavy atom. The first-order valence-electron chi connectivity index (χ1n) is 12.7. The number of hydrogen-bond acceptors (Lipinski definition) is 5. The van der Waals surface area contributed by atoms with Crippen LogP contribution in [0, 0.1) is 0 Å². The van der Waals surface area contributed by atoms with Gasteiger partial charge >= 0.3 is 0 Å².